The zero-order valence-electron chi connectivity index (χ0n) is 33.5. The van der Waals surface area contributed by atoms with E-state index in [0.717, 1.165) is 24.2 Å². The van der Waals surface area contributed by atoms with Crippen LogP contribution >= 0.6 is 0 Å². The maximum absolute atomic E-state index is 13.6. The van der Waals surface area contributed by atoms with Gasteiger partial charge in [-0.2, -0.15) is 5.10 Å². The minimum atomic E-state index is -0.628. The molecule has 2 aromatic carbocycles. The molecule has 0 atom stereocenters. The van der Waals surface area contributed by atoms with E-state index in [2.05, 4.69) is 20.7 Å². The van der Waals surface area contributed by atoms with Crippen molar-refractivity contribution in [1.29, 1.82) is 0 Å². The van der Waals surface area contributed by atoms with Crippen molar-refractivity contribution < 1.29 is 28.3 Å². The number of hydrogen-bond acceptors (Lipinski definition) is 12. The second kappa shape index (κ2) is 17.5. The lowest BCUT2D eigenvalue weighted by Crippen LogP contribution is -2.17. The fraction of sp³-hybridized carbons (Fsp3) is 0.317. The molecule has 0 aliphatic rings. The molecule has 0 unspecified atom stereocenters. The van der Waals surface area contributed by atoms with Crippen molar-refractivity contribution in [2.24, 2.45) is 11.5 Å². The number of primary amides is 1. The standard InChI is InChI=1S/C41H49N11O6/c1-7-29-38(58-24(4)46-29)40(55)48-41-47-30-17-25(22-53)18-34(57-15-11-12-45-5)37(30)51(41)14-10-9-13-50-32(21-28(42)31-16-23(3)49-52(31)8-2)35(43)27-19-26(39(44)54)20-33(56-6)36(27)50/h9-10,16-22,45H,7-8,11-15,42-43H2,1-6H3,(H2,44,54)(H,47,48,55)/b10-9+,28-21-. The Balaban J connectivity index is 1.44. The van der Waals surface area contributed by atoms with E-state index in [1.54, 1.807) is 41.8 Å². The lowest BCUT2D eigenvalue weighted by molar-refractivity contribution is 0.0988. The molecule has 0 saturated heterocycles. The summed E-state index contributed by atoms with van der Waals surface area (Å²) in [5.74, 6) is 0.351. The summed E-state index contributed by atoms with van der Waals surface area (Å²) in [7, 11) is 3.37. The average Bonchev–Trinajstić information content (AvgIpc) is 3.96. The van der Waals surface area contributed by atoms with Gasteiger partial charge in [-0.25, -0.2) is 9.97 Å². The summed E-state index contributed by atoms with van der Waals surface area (Å²) in [5, 5.41) is 11.1. The van der Waals surface area contributed by atoms with E-state index in [-0.39, 0.29) is 30.4 Å². The number of nitrogens with two attached hydrogens (primary N) is 3. The number of carbonyl (C=O) groups is 3. The van der Waals surface area contributed by atoms with Crippen LogP contribution in [0.3, 0.4) is 0 Å². The number of methoxy groups -OCH3 is 1. The zero-order valence-corrected chi connectivity index (χ0v) is 33.5. The Hall–Kier alpha value is -6.88. The molecule has 2 amide bonds. The largest absolute Gasteiger partial charge is 0.495 e. The van der Waals surface area contributed by atoms with E-state index < -0.39 is 11.8 Å². The number of hydrogen-bond donors (Lipinski definition) is 5. The minimum Gasteiger partial charge on any atom is -0.495 e. The Morgan fingerprint density at radius 2 is 1.74 bits per heavy atom. The Labute approximate surface area is 334 Å². The Bertz CT molecular complexity index is 2570. The van der Waals surface area contributed by atoms with Gasteiger partial charge in [0.2, 0.25) is 17.6 Å². The molecule has 0 bridgehead atoms. The maximum Gasteiger partial charge on any atom is 0.295 e. The predicted molar refractivity (Wildman–Crippen MR) is 223 cm³/mol. The first-order chi connectivity index (χ1) is 27.9. The molecule has 0 spiro atoms. The molecule has 17 nitrogen and oxygen atoms in total. The number of amides is 2. The highest BCUT2D eigenvalue weighted by atomic mass is 16.5. The van der Waals surface area contributed by atoms with Crippen molar-refractivity contribution in [2.45, 2.75) is 60.2 Å². The molecule has 0 aliphatic heterocycles. The molecular weight excluding hydrogens is 743 g/mol. The Morgan fingerprint density at radius 3 is 2.41 bits per heavy atom. The number of benzene rings is 2. The smallest absolute Gasteiger partial charge is 0.295 e. The molecule has 0 aliphatic carbocycles. The lowest BCUT2D eigenvalue weighted by atomic mass is 10.1. The molecule has 0 saturated carbocycles. The first-order valence-corrected chi connectivity index (χ1v) is 18.9. The van der Waals surface area contributed by atoms with Crippen LogP contribution in [-0.2, 0) is 26.1 Å². The van der Waals surface area contributed by atoms with Gasteiger partial charge in [0.15, 0.2) is 5.89 Å². The van der Waals surface area contributed by atoms with Crippen LogP contribution in [0.2, 0.25) is 0 Å². The van der Waals surface area contributed by atoms with Crippen molar-refractivity contribution in [3.05, 3.63) is 88.0 Å². The van der Waals surface area contributed by atoms with Crippen molar-refractivity contribution in [3.63, 3.8) is 0 Å². The van der Waals surface area contributed by atoms with Crippen LogP contribution in [0.15, 0.2) is 46.9 Å². The summed E-state index contributed by atoms with van der Waals surface area (Å²) in [6.45, 7) is 9.65. The number of fused-ring (bicyclic) bond motifs is 2. The van der Waals surface area contributed by atoms with E-state index in [1.807, 2.05) is 55.3 Å². The third kappa shape index (κ3) is 8.15. The third-order valence-electron chi connectivity index (χ3n) is 9.60. The number of aryl methyl sites for hydroxylation is 4. The average molecular weight is 792 g/mol. The number of nitrogens with one attached hydrogen (secondary N) is 2. The lowest BCUT2D eigenvalue weighted by Gasteiger charge is -2.13. The van der Waals surface area contributed by atoms with Crippen molar-refractivity contribution in [1.82, 2.24) is 34.2 Å². The highest BCUT2D eigenvalue weighted by molar-refractivity contribution is 6.06. The van der Waals surface area contributed by atoms with Gasteiger partial charge in [-0.1, -0.05) is 19.1 Å². The highest BCUT2D eigenvalue weighted by Gasteiger charge is 2.24. The molecule has 8 N–H and O–H groups in total. The van der Waals surface area contributed by atoms with Crippen molar-refractivity contribution >= 4 is 63.4 Å². The molecule has 304 valence electrons. The summed E-state index contributed by atoms with van der Waals surface area (Å²) in [6, 6.07) is 8.43. The van der Waals surface area contributed by atoms with Crippen LogP contribution in [0.1, 0.15) is 80.2 Å². The second-order valence-corrected chi connectivity index (χ2v) is 13.6. The van der Waals surface area contributed by atoms with Crippen molar-refractivity contribution in [2.75, 3.05) is 38.4 Å². The summed E-state index contributed by atoms with van der Waals surface area (Å²) in [4.78, 5) is 47.0. The fourth-order valence-corrected chi connectivity index (χ4v) is 6.92. The van der Waals surface area contributed by atoms with Gasteiger partial charge in [0, 0.05) is 43.1 Å². The Morgan fingerprint density at radius 1 is 0.983 bits per heavy atom. The van der Waals surface area contributed by atoms with Crippen LogP contribution in [0.25, 0.3) is 33.7 Å². The molecule has 17 heteroatoms. The summed E-state index contributed by atoms with van der Waals surface area (Å²) >= 11 is 0. The van der Waals surface area contributed by atoms with Gasteiger partial charge in [0.1, 0.15) is 23.3 Å². The number of aromatic nitrogens is 6. The van der Waals surface area contributed by atoms with Crippen LogP contribution < -0.4 is 37.3 Å². The SMILES string of the molecule is CCc1nc(C)oc1C(=O)Nc1nc2cc(C=O)cc(OCCCNC)c2n1C/C=C/Cn1c(/C=C(\N)c2cc(C)nn2CC)c(N)c2cc(C(N)=O)cc(OC)c21. The number of anilines is 2. The molecule has 4 aromatic heterocycles. The van der Waals surface area contributed by atoms with E-state index in [0.29, 0.717) is 93.7 Å². The van der Waals surface area contributed by atoms with Crippen LogP contribution in [0.5, 0.6) is 11.5 Å². The van der Waals surface area contributed by atoms with Crippen LogP contribution in [-0.4, -0.2) is 74.3 Å². The normalized spacial score (nSPS) is 11.9. The van der Waals surface area contributed by atoms with E-state index >= 15 is 0 Å². The topological polar surface area (TPSA) is 238 Å². The van der Waals surface area contributed by atoms with Gasteiger partial charge in [0.05, 0.1) is 58.9 Å². The summed E-state index contributed by atoms with van der Waals surface area (Å²) in [6.07, 6.45) is 7.55. The third-order valence-corrected chi connectivity index (χ3v) is 9.60. The molecule has 58 heavy (non-hydrogen) atoms. The number of carbonyl (C=O) groups excluding carboxylic acids is 3. The molecule has 6 aromatic rings. The monoisotopic (exact) mass is 791 g/mol. The van der Waals surface area contributed by atoms with E-state index in [9.17, 15) is 14.4 Å². The van der Waals surface area contributed by atoms with Crippen LogP contribution in [0, 0.1) is 13.8 Å². The van der Waals surface area contributed by atoms with Gasteiger partial charge in [-0.15, -0.1) is 0 Å². The minimum absolute atomic E-state index is 0.0915. The number of imidazole rings is 1. The molecule has 0 fully saturated rings. The number of ether oxygens (including phenoxy) is 2. The van der Waals surface area contributed by atoms with Crippen molar-refractivity contribution in [3.8, 4) is 11.5 Å². The van der Waals surface area contributed by atoms with Gasteiger partial charge < -0.3 is 45.5 Å². The van der Waals surface area contributed by atoms with Gasteiger partial charge in [-0.3, -0.25) is 24.4 Å². The second-order valence-electron chi connectivity index (χ2n) is 13.6. The molecule has 6 rings (SSSR count). The first kappa shape index (κ1) is 40.8. The summed E-state index contributed by atoms with van der Waals surface area (Å²) < 4.78 is 23.2. The quantitative estimate of drug-likeness (QED) is 0.0447. The molecular formula is C41H49N11O6. The number of nitrogens with zero attached hydrogens (tertiary/aromatic N) is 6. The highest BCUT2D eigenvalue weighted by Crippen LogP contribution is 2.38. The number of oxazole rings is 1. The molecule has 0 radical (unpaired) electrons. The predicted octanol–water partition coefficient (Wildman–Crippen LogP) is 4.83. The Kier molecular flexibility index (Phi) is 12.3. The first-order valence-electron chi connectivity index (χ1n) is 18.9. The number of allylic oxidation sites excluding steroid dienone is 2. The van der Waals surface area contributed by atoms with Gasteiger partial charge in [0.25, 0.3) is 5.91 Å². The van der Waals surface area contributed by atoms with E-state index in [4.69, 9.17) is 36.1 Å². The zero-order chi connectivity index (χ0) is 41.7. The maximum atomic E-state index is 13.6. The number of rotatable bonds is 18. The molecule has 4 heterocycles. The van der Waals surface area contributed by atoms with E-state index in [1.165, 1.54) is 7.11 Å². The summed E-state index contributed by atoms with van der Waals surface area (Å²) in [5.41, 5.74) is 25.0. The van der Waals surface area contributed by atoms with Crippen LogP contribution in [0.4, 0.5) is 11.6 Å². The number of aldehydes is 1. The number of nitrogen functional groups attached to an aromatic ring is 1. The van der Waals surface area contributed by atoms with Gasteiger partial charge in [-0.05, 0) is 76.7 Å². The fourth-order valence-electron chi connectivity index (χ4n) is 6.92. The van der Waals surface area contributed by atoms with Gasteiger partial charge >= 0.3 is 0 Å².